The van der Waals surface area contributed by atoms with Crippen LogP contribution in [0.4, 0.5) is 0 Å². The van der Waals surface area contributed by atoms with Gasteiger partial charge in [0.15, 0.2) is 4.34 Å². The highest BCUT2D eigenvalue weighted by molar-refractivity contribution is 8.01. The van der Waals surface area contributed by atoms with E-state index in [9.17, 15) is 4.79 Å². The van der Waals surface area contributed by atoms with Crippen molar-refractivity contribution in [2.75, 3.05) is 5.75 Å². The number of amides is 1. The largest absolute Gasteiger partial charge is 0.368 e. The number of thioether (sulfide) groups is 1. The van der Waals surface area contributed by atoms with Crippen LogP contribution in [0.3, 0.4) is 0 Å². The molecule has 88 valence electrons. The van der Waals surface area contributed by atoms with E-state index in [1.54, 1.807) is 0 Å². The van der Waals surface area contributed by atoms with Gasteiger partial charge in [0.2, 0.25) is 5.91 Å². The summed E-state index contributed by atoms with van der Waals surface area (Å²) in [6, 6.07) is 0.218. The molecule has 0 spiro atoms. The molecular formula is C9H14N4OS2. The zero-order valence-corrected chi connectivity index (χ0v) is 10.6. The van der Waals surface area contributed by atoms with Crippen molar-refractivity contribution < 1.29 is 4.79 Å². The molecule has 5 nitrogen and oxygen atoms in total. The summed E-state index contributed by atoms with van der Waals surface area (Å²) in [6.07, 6.45) is 2.29. The van der Waals surface area contributed by atoms with Gasteiger partial charge >= 0.3 is 0 Å². The Bertz CT molecular complexity index is 377. The van der Waals surface area contributed by atoms with E-state index in [-0.39, 0.29) is 11.9 Å². The standard InChI is InChI=1S/C9H14N4OS2/c1-5-12-13-9(16-5)15-4-7(8(10)14)11-6-2-3-6/h6-7,11H,2-4H2,1H3,(H2,10,14). The van der Waals surface area contributed by atoms with Gasteiger partial charge in [-0.3, -0.25) is 4.79 Å². The topological polar surface area (TPSA) is 80.9 Å². The molecule has 1 aromatic heterocycles. The molecule has 2 rings (SSSR count). The van der Waals surface area contributed by atoms with Crippen LogP contribution in [0.15, 0.2) is 4.34 Å². The molecular weight excluding hydrogens is 244 g/mol. The zero-order valence-electron chi connectivity index (χ0n) is 8.97. The molecule has 1 aliphatic rings. The summed E-state index contributed by atoms with van der Waals surface area (Å²) in [5.74, 6) is 0.334. The number of nitrogens with one attached hydrogen (secondary N) is 1. The molecule has 7 heteroatoms. The fourth-order valence-corrected chi connectivity index (χ4v) is 3.12. The van der Waals surface area contributed by atoms with Crippen molar-refractivity contribution in [2.24, 2.45) is 5.73 Å². The Hall–Kier alpha value is -0.660. The SMILES string of the molecule is Cc1nnc(SCC(NC2CC2)C(N)=O)s1. The Morgan fingerprint density at radius 3 is 2.94 bits per heavy atom. The minimum atomic E-state index is -0.291. The number of carbonyl (C=O) groups excluding carboxylic acids is 1. The first-order valence-corrected chi connectivity index (χ1v) is 6.93. The fraction of sp³-hybridized carbons (Fsp3) is 0.667. The predicted molar refractivity (Wildman–Crippen MR) is 64.5 cm³/mol. The summed E-state index contributed by atoms with van der Waals surface area (Å²) >= 11 is 3.07. The van der Waals surface area contributed by atoms with Crippen LogP contribution in [-0.2, 0) is 4.79 Å². The monoisotopic (exact) mass is 258 g/mol. The lowest BCUT2D eigenvalue weighted by Crippen LogP contribution is -2.44. The number of rotatable bonds is 6. The van der Waals surface area contributed by atoms with E-state index in [0.29, 0.717) is 11.8 Å². The van der Waals surface area contributed by atoms with Gasteiger partial charge in [0.25, 0.3) is 0 Å². The molecule has 0 bridgehead atoms. The third-order valence-electron chi connectivity index (χ3n) is 2.24. The maximum Gasteiger partial charge on any atom is 0.235 e. The molecule has 3 N–H and O–H groups in total. The van der Waals surface area contributed by atoms with Crippen molar-refractivity contribution in [2.45, 2.75) is 36.2 Å². The second-order valence-corrected chi connectivity index (χ2v) is 6.24. The van der Waals surface area contributed by atoms with E-state index < -0.39 is 0 Å². The summed E-state index contributed by atoms with van der Waals surface area (Å²) in [7, 11) is 0. The molecule has 0 aromatic carbocycles. The maximum atomic E-state index is 11.2. The Morgan fingerprint density at radius 1 is 1.69 bits per heavy atom. The van der Waals surface area contributed by atoms with Gasteiger partial charge in [0.1, 0.15) is 5.01 Å². The highest BCUT2D eigenvalue weighted by atomic mass is 32.2. The molecule has 1 amide bonds. The van der Waals surface area contributed by atoms with Crippen molar-refractivity contribution in [1.29, 1.82) is 0 Å². The van der Waals surface area contributed by atoms with Crippen LogP contribution in [0, 0.1) is 6.92 Å². The van der Waals surface area contributed by atoms with E-state index >= 15 is 0 Å². The van der Waals surface area contributed by atoms with E-state index in [2.05, 4.69) is 15.5 Å². The van der Waals surface area contributed by atoms with E-state index in [4.69, 9.17) is 5.73 Å². The summed E-state index contributed by atoms with van der Waals surface area (Å²) in [4.78, 5) is 11.2. The number of aromatic nitrogens is 2. The van der Waals surface area contributed by atoms with Crippen LogP contribution in [-0.4, -0.2) is 33.9 Å². The predicted octanol–water partition coefficient (Wildman–Crippen LogP) is 0.545. The Labute approximate surface area is 102 Å². The van der Waals surface area contributed by atoms with Crippen LogP contribution >= 0.6 is 23.1 Å². The Morgan fingerprint density at radius 2 is 2.44 bits per heavy atom. The molecule has 16 heavy (non-hydrogen) atoms. The Kier molecular flexibility index (Phi) is 3.78. The van der Waals surface area contributed by atoms with Gasteiger partial charge in [-0.25, -0.2) is 0 Å². The van der Waals surface area contributed by atoms with Gasteiger partial charge in [-0.15, -0.1) is 10.2 Å². The second kappa shape index (κ2) is 5.11. The third kappa shape index (κ3) is 3.43. The molecule has 0 saturated heterocycles. The van der Waals surface area contributed by atoms with Gasteiger partial charge in [0, 0.05) is 11.8 Å². The number of aryl methyl sites for hydroxylation is 1. The smallest absolute Gasteiger partial charge is 0.235 e. The van der Waals surface area contributed by atoms with Crippen LogP contribution in [0.25, 0.3) is 0 Å². The normalized spacial score (nSPS) is 17.3. The summed E-state index contributed by atoms with van der Waals surface area (Å²) in [5, 5.41) is 12.1. The molecule has 1 fully saturated rings. The molecule has 1 aliphatic carbocycles. The van der Waals surface area contributed by atoms with Gasteiger partial charge in [-0.2, -0.15) is 0 Å². The molecule has 1 heterocycles. The van der Waals surface area contributed by atoms with Crippen molar-refractivity contribution in [3.63, 3.8) is 0 Å². The molecule has 1 atom stereocenters. The first-order chi connectivity index (χ1) is 7.65. The third-order valence-corrected chi connectivity index (χ3v) is 4.30. The summed E-state index contributed by atoms with van der Waals surface area (Å²) < 4.78 is 0.890. The number of primary amides is 1. The van der Waals surface area contributed by atoms with Gasteiger partial charge in [-0.1, -0.05) is 23.1 Å². The maximum absolute atomic E-state index is 11.2. The van der Waals surface area contributed by atoms with E-state index in [1.807, 2.05) is 6.92 Å². The first-order valence-electron chi connectivity index (χ1n) is 5.13. The zero-order chi connectivity index (χ0) is 11.5. The molecule has 0 aliphatic heterocycles. The summed E-state index contributed by atoms with van der Waals surface area (Å²) in [5.41, 5.74) is 5.33. The van der Waals surface area contributed by atoms with Gasteiger partial charge in [-0.05, 0) is 19.8 Å². The van der Waals surface area contributed by atoms with Crippen LogP contribution in [0.5, 0.6) is 0 Å². The Balaban J connectivity index is 1.83. The lowest BCUT2D eigenvalue weighted by Gasteiger charge is -2.13. The number of nitrogens with zero attached hydrogens (tertiary/aromatic N) is 2. The van der Waals surface area contributed by atoms with Crippen LogP contribution in [0.2, 0.25) is 0 Å². The lowest BCUT2D eigenvalue weighted by molar-refractivity contribution is -0.119. The van der Waals surface area contributed by atoms with Crippen molar-refractivity contribution in [3.05, 3.63) is 5.01 Å². The number of hydrogen-bond acceptors (Lipinski definition) is 6. The van der Waals surface area contributed by atoms with Gasteiger partial charge in [0.05, 0.1) is 6.04 Å². The number of hydrogen-bond donors (Lipinski definition) is 2. The molecule has 1 aromatic rings. The minimum absolute atomic E-state index is 0.262. The highest BCUT2D eigenvalue weighted by Gasteiger charge is 2.27. The average molecular weight is 258 g/mol. The van der Waals surface area contributed by atoms with Crippen molar-refractivity contribution in [3.8, 4) is 0 Å². The van der Waals surface area contributed by atoms with Crippen molar-refractivity contribution in [1.82, 2.24) is 15.5 Å². The van der Waals surface area contributed by atoms with E-state index in [0.717, 1.165) is 22.2 Å². The van der Waals surface area contributed by atoms with Crippen LogP contribution < -0.4 is 11.1 Å². The lowest BCUT2D eigenvalue weighted by atomic mass is 10.3. The quantitative estimate of drug-likeness (QED) is 0.728. The first kappa shape index (κ1) is 11.8. The molecule has 0 radical (unpaired) electrons. The molecule has 1 unspecified atom stereocenters. The second-order valence-electron chi connectivity index (χ2n) is 3.79. The van der Waals surface area contributed by atoms with Gasteiger partial charge < -0.3 is 11.1 Å². The fourth-order valence-electron chi connectivity index (χ4n) is 1.24. The highest BCUT2D eigenvalue weighted by Crippen LogP contribution is 2.24. The van der Waals surface area contributed by atoms with Crippen LogP contribution in [0.1, 0.15) is 17.8 Å². The molecule has 1 saturated carbocycles. The summed E-state index contributed by atoms with van der Waals surface area (Å²) in [6.45, 7) is 1.91. The minimum Gasteiger partial charge on any atom is -0.368 e. The number of carbonyl (C=O) groups is 1. The van der Waals surface area contributed by atoms with Crippen molar-refractivity contribution >= 4 is 29.0 Å². The number of nitrogens with two attached hydrogens (primary N) is 1. The average Bonchev–Trinajstić information content (AvgIpc) is 2.95. The van der Waals surface area contributed by atoms with E-state index in [1.165, 1.54) is 23.1 Å².